The number of carbonyl (C=O) groups is 1. The predicted octanol–water partition coefficient (Wildman–Crippen LogP) is 9.06. The zero-order valence-electron chi connectivity index (χ0n) is 34.9. The lowest BCUT2D eigenvalue weighted by atomic mass is 9.99. The first-order valence-corrected chi connectivity index (χ1v) is 22.3. The minimum absolute atomic E-state index is 0.143. The van der Waals surface area contributed by atoms with Crippen LogP contribution in [0.5, 0.6) is 0 Å². The summed E-state index contributed by atoms with van der Waals surface area (Å²) in [5.74, 6) is -0.156. The summed E-state index contributed by atoms with van der Waals surface area (Å²) in [5.41, 5.74) is 0. The van der Waals surface area contributed by atoms with E-state index in [1.54, 1.807) is 0 Å². The molecule has 0 aromatic rings. The summed E-state index contributed by atoms with van der Waals surface area (Å²) in [7, 11) is 0. The summed E-state index contributed by atoms with van der Waals surface area (Å²) in [4.78, 5) is 12.9. The lowest BCUT2D eigenvalue weighted by molar-refractivity contribution is -0.302. The molecule has 1 aliphatic rings. The number of aliphatic hydroxyl groups is 5. The molecule has 0 radical (unpaired) electrons. The Kier molecular flexibility index (Phi) is 33.9. The number of ether oxygens (including phenoxy) is 2. The average molecular weight is 778 g/mol. The molecule has 7 unspecified atom stereocenters. The molecule has 1 rings (SSSR count). The molecule has 1 saturated heterocycles. The molecular weight excluding hydrogens is 695 g/mol. The van der Waals surface area contributed by atoms with Crippen molar-refractivity contribution in [1.29, 1.82) is 0 Å². The van der Waals surface area contributed by atoms with Crippen LogP contribution in [0.3, 0.4) is 0 Å². The fraction of sp³-hybridized carbons (Fsp3) is 0.804. The van der Waals surface area contributed by atoms with Crippen molar-refractivity contribution in [3.05, 3.63) is 48.6 Å². The van der Waals surface area contributed by atoms with Gasteiger partial charge in [0.2, 0.25) is 5.91 Å². The van der Waals surface area contributed by atoms with Crippen LogP contribution in [0.4, 0.5) is 0 Å². The molecule has 1 amide bonds. The minimum Gasteiger partial charge on any atom is -0.394 e. The molecule has 0 saturated carbocycles. The normalized spacial score (nSPS) is 21.8. The van der Waals surface area contributed by atoms with Crippen LogP contribution in [-0.4, -0.2) is 87.5 Å². The first kappa shape index (κ1) is 51.2. The van der Waals surface area contributed by atoms with E-state index < -0.39 is 49.5 Å². The van der Waals surface area contributed by atoms with E-state index in [9.17, 15) is 30.3 Å². The highest BCUT2D eigenvalue weighted by Crippen LogP contribution is 2.23. The average Bonchev–Trinajstić information content (AvgIpc) is 3.18. The summed E-state index contributed by atoms with van der Waals surface area (Å²) in [6, 6.07) is -0.723. The topological polar surface area (TPSA) is 149 Å². The summed E-state index contributed by atoms with van der Waals surface area (Å²) in [6.45, 7) is 3.69. The Morgan fingerprint density at radius 1 is 0.636 bits per heavy atom. The van der Waals surface area contributed by atoms with Crippen LogP contribution in [0, 0.1) is 0 Å². The van der Waals surface area contributed by atoms with Crippen LogP contribution >= 0.6 is 0 Å². The van der Waals surface area contributed by atoms with Crippen LogP contribution < -0.4 is 5.32 Å². The van der Waals surface area contributed by atoms with Crippen LogP contribution in [0.1, 0.15) is 181 Å². The van der Waals surface area contributed by atoms with E-state index in [1.165, 1.54) is 83.5 Å². The third-order valence-electron chi connectivity index (χ3n) is 10.4. The maximum atomic E-state index is 12.9. The van der Waals surface area contributed by atoms with Gasteiger partial charge in [-0.1, -0.05) is 172 Å². The summed E-state index contributed by atoms with van der Waals surface area (Å²) < 4.78 is 11.2. The zero-order valence-corrected chi connectivity index (χ0v) is 34.9. The van der Waals surface area contributed by atoms with E-state index in [1.807, 2.05) is 0 Å². The highest BCUT2D eigenvalue weighted by molar-refractivity contribution is 5.76. The molecule has 1 heterocycles. The monoisotopic (exact) mass is 778 g/mol. The SMILES string of the molecule is CC/C=C\C/C=C\C/C=C\C/C=C\CCCCCCCCCCC(=O)NC(COC1OC(CO)C(O)C(O)C1O)C(O)CCCCCCCCCCCCC. The van der Waals surface area contributed by atoms with Crippen molar-refractivity contribution in [2.24, 2.45) is 0 Å². The van der Waals surface area contributed by atoms with E-state index in [-0.39, 0.29) is 12.5 Å². The lowest BCUT2D eigenvalue weighted by Gasteiger charge is -2.40. The highest BCUT2D eigenvalue weighted by Gasteiger charge is 2.44. The molecule has 1 fully saturated rings. The van der Waals surface area contributed by atoms with E-state index in [0.29, 0.717) is 12.8 Å². The van der Waals surface area contributed by atoms with Crippen molar-refractivity contribution in [3.63, 3.8) is 0 Å². The van der Waals surface area contributed by atoms with Crippen molar-refractivity contribution >= 4 is 5.91 Å². The number of hydrogen-bond donors (Lipinski definition) is 6. The molecule has 7 atom stereocenters. The highest BCUT2D eigenvalue weighted by atomic mass is 16.7. The Morgan fingerprint density at radius 3 is 1.67 bits per heavy atom. The zero-order chi connectivity index (χ0) is 40.2. The molecule has 0 spiro atoms. The Hall–Kier alpha value is -1.85. The molecule has 9 heteroatoms. The summed E-state index contributed by atoms with van der Waals surface area (Å²) in [5, 5.41) is 54.2. The number of nitrogens with one attached hydrogen (secondary N) is 1. The number of rotatable bonds is 36. The van der Waals surface area contributed by atoms with Crippen LogP contribution in [-0.2, 0) is 14.3 Å². The molecule has 0 aliphatic carbocycles. The minimum atomic E-state index is -1.55. The number of unbranched alkanes of at least 4 members (excludes halogenated alkanes) is 18. The Balaban J connectivity index is 2.31. The molecule has 0 bridgehead atoms. The smallest absolute Gasteiger partial charge is 0.220 e. The van der Waals surface area contributed by atoms with Gasteiger partial charge in [-0.15, -0.1) is 0 Å². The number of aliphatic hydroxyl groups excluding tert-OH is 5. The summed E-state index contributed by atoms with van der Waals surface area (Å²) in [6.07, 6.45) is 38.3. The van der Waals surface area contributed by atoms with Crippen LogP contribution in [0.15, 0.2) is 48.6 Å². The van der Waals surface area contributed by atoms with Gasteiger partial charge in [0.05, 0.1) is 25.4 Å². The van der Waals surface area contributed by atoms with Gasteiger partial charge in [0.1, 0.15) is 24.4 Å². The number of allylic oxidation sites excluding steroid dienone is 8. The maximum Gasteiger partial charge on any atom is 0.220 e. The molecule has 55 heavy (non-hydrogen) atoms. The largest absolute Gasteiger partial charge is 0.394 e. The van der Waals surface area contributed by atoms with Gasteiger partial charge in [0, 0.05) is 6.42 Å². The Bertz CT molecular complexity index is 998. The second kappa shape index (κ2) is 36.5. The van der Waals surface area contributed by atoms with Gasteiger partial charge >= 0.3 is 0 Å². The van der Waals surface area contributed by atoms with Gasteiger partial charge in [-0.05, 0) is 51.4 Å². The van der Waals surface area contributed by atoms with E-state index in [2.05, 4.69) is 67.8 Å². The Labute approximate surface area is 335 Å². The standard InChI is InChI=1S/C46H83NO8/c1-3-5-7-9-11-13-15-16-17-18-19-20-21-22-23-24-26-28-30-32-34-36-42(50)47-39(38-54-46-45(53)44(52)43(51)41(37-48)55-46)40(49)35-33-31-29-27-25-14-12-10-8-6-4-2/h5,7,11,13,16-17,19-20,39-41,43-46,48-49,51-53H,3-4,6,8-10,12,14-15,18,21-38H2,1-2H3,(H,47,50)/b7-5-,13-11-,17-16-,20-19-. The van der Waals surface area contributed by atoms with E-state index in [0.717, 1.165) is 70.6 Å². The lowest BCUT2D eigenvalue weighted by Crippen LogP contribution is -2.60. The van der Waals surface area contributed by atoms with Gasteiger partial charge in [-0.2, -0.15) is 0 Å². The first-order chi connectivity index (χ1) is 26.8. The van der Waals surface area contributed by atoms with Crippen molar-refractivity contribution in [1.82, 2.24) is 5.32 Å². The second-order valence-corrected chi connectivity index (χ2v) is 15.5. The predicted molar refractivity (Wildman–Crippen MR) is 226 cm³/mol. The fourth-order valence-electron chi connectivity index (χ4n) is 6.86. The number of carbonyl (C=O) groups excluding carboxylic acids is 1. The molecule has 320 valence electrons. The van der Waals surface area contributed by atoms with Crippen LogP contribution in [0.2, 0.25) is 0 Å². The van der Waals surface area contributed by atoms with Gasteiger partial charge < -0.3 is 40.3 Å². The molecule has 9 nitrogen and oxygen atoms in total. The van der Waals surface area contributed by atoms with Crippen molar-refractivity contribution < 1.29 is 39.8 Å². The van der Waals surface area contributed by atoms with Gasteiger partial charge in [-0.3, -0.25) is 4.79 Å². The summed E-state index contributed by atoms with van der Waals surface area (Å²) >= 11 is 0. The molecular formula is C46H83NO8. The van der Waals surface area contributed by atoms with Gasteiger partial charge in [0.15, 0.2) is 6.29 Å². The molecule has 1 aliphatic heterocycles. The van der Waals surface area contributed by atoms with Gasteiger partial charge in [0.25, 0.3) is 0 Å². The fourth-order valence-corrected chi connectivity index (χ4v) is 6.86. The van der Waals surface area contributed by atoms with E-state index in [4.69, 9.17) is 9.47 Å². The Morgan fingerprint density at radius 2 is 1.13 bits per heavy atom. The third-order valence-corrected chi connectivity index (χ3v) is 10.4. The van der Waals surface area contributed by atoms with Gasteiger partial charge in [-0.25, -0.2) is 0 Å². The maximum absolute atomic E-state index is 12.9. The molecule has 0 aromatic carbocycles. The number of amides is 1. The third kappa shape index (κ3) is 27.4. The first-order valence-electron chi connectivity index (χ1n) is 22.3. The molecule has 6 N–H and O–H groups in total. The van der Waals surface area contributed by atoms with Crippen LogP contribution in [0.25, 0.3) is 0 Å². The second-order valence-electron chi connectivity index (χ2n) is 15.5. The number of hydrogen-bond acceptors (Lipinski definition) is 8. The quantitative estimate of drug-likeness (QED) is 0.0273. The van der Waals surface area contributed by atoms with Crippen molar-refractivity contribution in [2.45, 2.75) is 224 Å². The van der Waals surface area contributed by atoms with E-state index >= 15 is 0 Å². The molecule has 0 aromatic heterocycles. The van der Waals surface area contributed by atoms with Crippen molar-refractivity contribution in [2.75, 3.05) is 13.2 Å². The van der Waals surface area contributed by atoms with Crippen molar-refractivity contribution in [3.8, 4) is 0 Å².